The van der Waals surface area contributed by atoms with Crippen LogP contribution in [0.15, 0.2) is 29.8 Å². The van der Waals surface area contributed by atoms with E-state index in [2.05, 4.69) is 54.4 Å². The van der Waals surface area contributed by atoms with Crippen molar-refractivity contribution in [2.75, 3.05) is 30.4 Å². The number of carbonyl (C=O) groups excluding carboxylic acids is 1. The number of carbonyl (C=O) groups is 1. The van der Waals surface area contributed by atoms with Crippen molar-refractivity contribution in [2.45, 2.75) is 50.0 Å². The molecule has 182 valence electrons. The summed E-state index contributed by atoms with van der Waals surface area (Å²) in [5.41, 5.74) is 4.61. The van der Waals surface area contributed by atoms with Gasteiger partial charge in [0.15, 0.2) is 10.9 Å². The Bertz CT molecular complexity index is 1280. The van der Waals surface area contributed by atoms with E-state index in [0.717, 1.165) is 37.3 Å². The molecule has 0 radical (unpaired) electrons. The van der Waals surface area contributed by atoms with Crippen LogP contribution in [0.25, 0.3) is 0 Å². The Kier molecular flexibility index (Phi) is 5.45. The summed E-state index contributed by atoms with van der Waals surface area (Å²) in [5.74, 6) is 0.468. The molecule has 0 unspecified atom stereocenters. The van der Waals surface area contributed by atoms with Gasteiger partial charge in [-0.1, -0.05) is 6.07 Å². The van der Waals surface area contributed by atoms with Gasteiger partial charge in [0.2, 0.25) is 5.95 Å². The lowest BCUT2D eigenvalue weighted by molar-refractivity contribution is 0.0956. The lowest BCUT2D eigenvalue weighted by atomic mass is 9.88. The van der Waals surface area contributed by atoms with Crippen molar-refractivity contribution in [3.05, 3.63) is 52.2 Å². The first-order chi connectivity index (χ1) is 17.0. The number of thiazole rings is 1. The van der Waals surface area contributed by atoms with E-state index in [1.807, 2.05) is 12.3 Å². The number of nitrogens with zero attached hydrogens (tertiary/aromatic N) is 3. The van der Waals surface area contributed by atoms with Crippen LogP contribution in [0, 0.1) is 0 Å². The van der Waals surface area contributed by atoms with E-state index in [-0.39, 0.29) is 5.91 Å². The number of anilines is 4. The van der Waals surface area contributed by atoms with Gasteiger partial charge in [0.1, 0.15) is 12.2 Å². The van der Waals surface area contributed by atoms with Crippen LogP contribution in [0.5, 0.6) is 0 Å². The highest BCUT2D eigenvalue weighted by Gasteiger charge is 2.47. The number of hydrogen-bond acceptors (Lipinski definition) is 8. The van der Waals surface area contributed by atoms with Crippen LogP contribution in [0.1, 0.15) is 59.8 Å². The molecule has 3 aromatic rings. The van der Waals surface area contributed by atoms with Gasteiger partial charge in [-0.15, -0.1) is 11.3 Å². The van der Waals surface area contributed by atoms with E-state index in [1.54, 1.807) is 0 Å². The maximum absolute atomic E-state index is 13.5. The van der Waals surface area contributed by atoms with Crippen LogP contribution in [0.3, 0.4) is 0 Å². The number of aromatic nitrogens is 3. The summed E-state index contributed by atoms with van der Waals surface area (Å²) >= 11 is 1.38. The number of alkyl halides is 1. The third-order valence-electron chi connectivity index (χ3n) is 7.32. The second-order valence-electron chi connectivity index (χ2n) is 9.77. The Balaban J connectivity index is 1.27. The van der Waals surface area contributed by atoms with Crippen LogP contribution in [-0.4, -0.2) is 40.6 Å². The quantitative estimate of drug-likeness (QED) is 0.371. The Morgan fingerprint density at radius 2 is 2.06 bits per heavy atom. The van der Waals surface area contributed by atoms with Crippen molar-refractivity contribution >= 4 is 39.8 Å². The van der Waals surface area contributed by atoms with Gasteiger partial charge in [-0.05, 0) is 55.9 Å². The van der Waals surface area contributed by atoms with Crippen molar-refractivity contribution in [1.29, 1.82) is 0 Å². The summed E-state index contributed by atoms with van der Waals surface area (Å²) in [6.07, 6.45) is 5.63. The Hall–Kier alpha value is -3.11. The smallest absolute Gasteiger partial charge is 0.256 e. The molecule has 1 spiro atoms. The zero-order valence-corrected chi connectivity index (χ0v) is 20.4. The molecule has 1 aliphatic heterocycles. The fourth-order valence-electron chi connectivity index (χ4n) is 4.84. The van der Waals surface area contributed by atoms with E-state index in [9.17, 15) is 9.18 Å². The van der Waals surface area contributed by atoms with Crippen molar-refractivity contribution in [1.82, 2.24) is 25.6 Å². The van der Waals surface area contributed by atoms with Gasteiger partial charge < -0.3 is 21.3 Å². The molecular weight excluding hydrogens is 465 g/mol. The predicted molar refractivity (Wildman–Crippen MR) is 135 cm³/mol. The molecule has 2 saturated carbocycles. The van der Waals surface area contributed by atoms with E-state index < -0.39 is 12.1 Å². The van der Waals surface area contributed by atoms with Gasteiger partial charge in [0, 0.05) is 47.7 Å². The van der Waals surface area contributed by atoms with Gasteiger partial charge in [0.25, 0.3) is 5.91 Å². The minimum atomic E-state index is -0.433. The Morgan fingerprint density at radius 3 is 2.80 bits per heavy atom. The molecule has 4 N–H and O–H groups in total. The normalized spacial score (nSPS) is 18.6. The average Bonchev–Trinajstić information content (AvgIpc) is 3.78. The van der Waals surface area contributed by atoms with E-state index in [0.29, 0.717) is 34.4 Å². The number of rotatable bonds is 8. The van der Waals surface area contributed by atoms with Gasteiger partial charge in [-0.25, -0.2) is 9.97 Å². The molecule has 0 saturated heterocycles. The lowest BCUT2D eigenvalue weighted by Gasteiger charge is -2.26. The van der Waals surface area contributed by atoms with Crippen molar-refractivity contribution in [3.63, 3.8) is 0 Å². The molecule has 2 aliphatic carbocycles. The third-order valence-corrected chi connectivity index (χ3v) is 8.08. The molecule has 35 heavy (non-hydrogen) atoms. The van der Waals surface area contributed by atoms with Crippen LogP contribution >= 0.6 is 11.3 Å². The topological polar surface area (TPSA) is 104 Å². The molecule has 1 aromatic carbocycles. The molecule has 10 heteroatoms. The van der Waals surface area contributed by atoms with E-state index >= 15 is 0 Å². The van der Waals surface area contributed by atoms with Gasteiger partial charge >= 0.3 is 0 Å². The number of amides is 1. The second kappa shape index (κ2) is 8.53. The largest absolute Gasteiger partial charge is 0.352 e. The summed E-state index contributed by atoms with van der Waals surface area (Å²) in [4.78, 5) is 26.2. The number of halogens is 1. The highest BCUT2D eigenvalue weighted by Crippen LogP contribution is 2.51. The molecule has 1 amide bonds. The van der Waals surface area contributed by atoms with Crippen LogP contribution in [-0.2, 0) is 17.4 Å². The summed E-state index contributed by atoms with van der Waals surface area (Å²) < 4.78 is 13.5. The van der Waals surface area contributed by atoms with E-state index in [4.69, 9.17) is 0 Å². The standard InChI is InChI=1S/C25H28FN7OS/c1-2-28-21(34)17-11-29-22(30-16-3-4-18-15(9-16)10-27-14-25(18)7-8-25)32-20(17)33-23-31-19(12-35-23)24(13-26)5-6-24/h3-4,9,11-12,27H,2,5-8,10,13-14H2,1H3,(H,28,34)(H2,29,30,31,32,33). The first-order valence-electron chi connectivity index (χ1n) is 12.1. The first kappa shape index (κ1) is 22.4. The minimum Gasteiger partial charge on any atom is -0.352 e. The molecule has 0 bridgehead atoms. The Labute approximate surface area is 207 Å². The first-order valence-corrected chi connectivity index (χ1v) is 13.0. The number of fused-ring (bicyclic) bond motifs is 2. The lowest BCUT2D eigenvalue weighted by Crippen LogP contribution is -2.33. The third kappa shape index (κ3) is 4.14. The highest BCUT2D eigenvalue weighted by atomic mass is 32.1. The minimum absolute atomic E-state index is 0.268. The molecule has 8 nitrogen and oxygen atoms in total. The monoisotopic (exact) mass is 493 g/mol. The van der Waals surface area contributed by atoms with Crippen molar-refractivity contribution in [2.24, 2.45) is 0 Å². The number of hydrogen-bond donors (Lipinski definition) is 4. The zero-order valence-electron chi connectivity index (χ0n) is 19.6. The highest BCUT2D eigenvalue weighted by molar-refractivity contribution is 7.13. The maximum atomic E-state index is 13.5. The SMILES string of the molecule is CCNC(=O)c1cnc(Nc2ccc3c(c2)CNCC32CC2)nc1Nc1nc(C2(CF)CC2)cs1. The van der Waals surface area contributed by atoms with Crippen molar-refractivity contribution < 1.29 is 9.18 Å². The summed E-state index contributed by atoms with van der Waals surface area (Å²) in [5, 5.41) is 15.3. The fourth-order valence-corrected chi connectivity index (χ4v) is 5.67. The fraction of sp³-hybridized carbons (Fsp3) is 0.440. The van der Waals surface area contributed by atoms with Crippen LogP contribution in [0.4, 0.5) is 27.0 Å². The summed E-state index contributed by atoms with van der Waals surface area (Å²) in [6.45, 7) is 3.85. The predicted octanol–water partition coefficient (Wildman–Crippen LogP) is 4.31. The molecule has 0 atom stereocenters. The molecule has 6 rings (SSSR count). The van der Waals surface area contributed by atoms with Crippen LogP contribution in [0.2, 0.25) is 0 Å². The maximum Gasteiger partial charge on any atom is 0.256 e. The van der Waals surface area contributed by atoms with Gasteiger partial charge in [-0.2, -0.15) is 4.98 Å². The molecule has 3 aliphatic rings. The van der Waals surface area contributed by atoms with Gasteiger partial charge in [0.05, 0.1) is 5.69 Å². The average molecular weight is 494 g/mol. The van der Waals surface area contributed by atoms with Crippen molar-refractivity contribution in [3.8, 4) is 0 Å². The van der Waals surface area contributed by atoms with Crippen LogP contribution < -0.4 is 21.3 Å². The summed E-state index contributed by atoms with van der Waals surface area (Å²) in [6, 6.07) is 6.43. The zero-order chi connectivity index (χ0) is 24.0. The molecule has 3 heterocycles. The number of benzene rings is 1. The van der Waals surface area contributed by atoms with E-state index in [1.165, 1.54) is 41.5 Å². The van der Waals surface area contributed by atoms with Gasteiger partial charge in [-0.3, -0.25) is 9.18 Å². The molecule has 2 fully saturated rings. The Morgan fingerprint density at radius 1 is 1.20 bits per heavy atom. The molecular formula is C25H28FN7OS. The molecule has 2 aromatic heterocycles. The number of nitrogens with one attached hydrogen (secondary N) is 4. The summed E-state index contributed by atoms with van der Waals surface area (Å²) in [7, 11) is 0. The second-order valence-corrected chi connectivity index (χ2v) is 10.6.